The Bertz CT molecular complexity index is 1090. The van der Waals surface area contributed by atoms with Crippen LogP contribution in [-0.2, 0) is 0 Å². The lowest BCUT2D eigenvalue weighted by atomic mass is 10.1. The molecule has 0 atom stereocenters. The van der Waals surface area contributed by atoms with Crippen LogP contribution in [0.4, 0.5) is 11.5 Å². The number of aromatic nitrogens is 2. The zero-order valence-electron chi connectivity index (χ0n) is 14.1. The van der Waals surface area contributed by atoms with Crippen molar-refractivity contribution in [3.63, 3.8) is 0 Å². The molecule has 0 fully saturated rings. The highest BCUT2D eigenvalue weighted by molar-refractivity contribution is 6.30. The number of nitrogens with one attached hydrogen (secondary N) is 1. The summed E-state index contributed by atoms with van der Waals surface area (Å²) < 4.78 is 0. The Hall–Kier alpha value is -3.11. The Morgan fingerprint density at radius 3 is 2.50 bits per heavy atom. The van der Waals surface area contributed by atoms with Crippen molar-refractivity contribution < 1.29 is 5.11 Å². The quantitative estimate of drug-likeness (QED) is 0.459. The number of hydrogen-bond donors (Lipinski definition) is 2. The van der Waals surface area contributed by atoms with Gasteiger partial charge in [0.1, 0.15) is 11.6 Å². The minimum Gasteiger partial charge on any atom is -0.506 e. The first-order valence-electron chi connectivity index (χ1n) is 8.19. The summed E-state index contributed by atoms with van der Waals surface area (Å²) in [5.41, 5.74) is 3.34. The minimum atomic E-state index is 0.173. The Morgan fingerprint density at radius 2 is 1.69 bits per heavy atom. The second-order valence-corrected chi connectivity index (χ2v) is 6.50. The van der Waals surface area contributed by atoms with E-state index in [9.17, 15) is 5.11 Å². The largest absolute Gasteiger partial charge is 0.506 e. The molecule has 0 aliphatic carbocycles. The van der Waals surface area contributed by atoms with Gasteiger partial charge in [0.05, 0.1) is 11.2 Å². The predicted molar refractivity (Wildman–Crippen MR) is 106 cm³/mol. The fourth-order valence-electron chi connectivity index (χ4n) is 2.78. The van der Waals surface area contributed by atoms with Crippen molar-refractivity contribution in [1.29, 1.82) is 0 Å². The number of nitrogens with zero attached hydrogens (tertiary/aromatic N) is 2. The molecule has 0 amide bonds. The van der Waals surface area contributed by atoms with Crippen molar-refractivity contribution in [2.75, 3.05) is 5.32 Å². The summed E-state index contributed by atoms with van der Waals surface area (Å²) in [4.78, 5) is 9.35. The van der Waals surface area contributed by atoms with Gasteiger partial charge in [0.2, 0.25) is 0 Å². The van der Waals surface area contributed by atoms with Crippen LogP contribution in [-0.4, -0.2) is 15.1 Å². The number of phenols is 1. The van der Waals surface area contributed by atoms with Crippen LogP contribution in [0.1, 0.15) is 5.56 Å². The first-order chi connectivity index (χ1) is 12.6. The topological polar surface area (TPSA) is 58.0 Å². The van der Waals surface area contributed by atoms with Gasteiger partial charge in [0.15, 0.2) is 5.82 Å². The van der Waals surface area contributed by atoms with E-state index < -0.39 is 0 Å². The molecular weight excluding hydrogens is 346 g/mol. The van der Waals surface area contributed by atoms with E-state index in [1.807, 2.05) is 67.6 Å². The van der Waals surface area contributed by atoms with E-state index in [1.54, 1.807) is 6.07 Å². The number of aryl methyl sites for hydroxylation is 1. The maximum atomic E-state index is 10.2. The standard InChI is InChI=1S/C21H16ClN3O/c1-13-6-11-19(26)18(12-13)24-21-16-4-2-3-5-17(16)23-20(25-21)14-7-9-15(22)10-8-14/h2-12,26H,1H3,(H,23,24,25). The zero-order valence-corrected chi connectivity index (χ0v) is 14.8. The SMILES string of the molecule is Cc1ccc(O)c(Nc2nc(-c3ccc(Cl)cc3)nc3ccccc23)c1. The van der Waals surface area contributed by atoms with Gasteiger partial charge >= 0.3 is 0 Å². The molecule has 26 heavy (non-hydrogen) atoms. The Kier molecular flexibility index (Phi) is 4.19. The van der Waals surface area contributed by atoms with Gasteiger partial charge in [-0.15, -0.1) is 0 Å². The molecule has 0 bridgehead atoms. The molecule has 1 aromatic heterocycles. The molecule has 0 unspecified atom stereocenters. The van der Waals surface area contributed by atoms with Crippen molar-refractivity contribution in [2.24, 2.45) is 0 Å². The number of aromatic hydroxyl groups is 1. The fourth-order valence-corrected chi connectivity index (χ4v) is 2.90. The molecule has 1 heterocycles. The highest BCUT2D eigenvalue weighted by Crippen LogP contribution is 2.31. The third-order valence-electron chi connectivity index (χ3n) is 4.11. The van der Waals surface area contributed by atoms with Gasteiger partial charge < -0.3 is 10.4 Å². The van der Waals surface area contributed by atoms with E-state index in [0.29, 0.717) is 22.4 Å². The third kappa shape index (κ3) is 3.19. The van der Waals surface area contributed by atoms with Gasteiger partial charge in [0.25, 0.3) is 0 Å². The second kappa shape index (κ2) is 6.65. The highest BCUT2D eigenvalue weighted by atomic mass is 35.5. The monoisotopic (exact) mass is 361 g/mol. The summed E-state index contributed by atoms with van der Waals surface area (Å²) in [5.74, 6) is 1.41. The van der Waals surface area contributed by atoms with Crippen LogP contribution in [0.15, 0.2) is 66.7 Å². The molecule has 0 saturated carbocycles. The minimum absolute atomic E-state index is 0.173. The third-order valence-corrected chi connectivity index (χ3v) is 4.36. The lowest BCUT2D eigenvalue weighted by molar-refractivity contribution is 0.477. The van der Waals surface area contributed by atoms with Crippen LogP contribution in [0.2, 0.25) is 5.02 Å². The molecule has 0 radical (unpaired) electrons. The molecule has 0 aliphatic rings. The molecule has 2 N–H and O–H groups in total. The average Bonchev–Trinajstić information content (AvgIpc) is 2.65. The molecule has 0 spiro atoms. The summed E-state index contributed by atoms with van der Waals surface area (Å²) >= 11 is 5.98. The lowest BCUT2D eigenvalue weighted by Crippen LogP contribution is -2.00. The number of anilines is 2. The molecule has 4 rings (SSSR count). The van der Waals surface area contributed by atoms with E-state index in [2.05, 4.69) is 10.3 Å². The van der Waals surface area contributed by atoms with E-state index in [0.717, 1.165) is 22.0 Å². The Labute approximate surface area is 156 Å². The van der Waals surface area contributed by atoms with Gasteiger partial charge in [-0.25, -0.2) is 9.97 Å². The molecule has 3 aromatic carbocycles. The molecule has 5 heteroatoms. The fraction of sp³-hybridized carbons (Fsp3) is 0.0476. The molecule has 0 saturated heterocycles. The maximum Gasteiger partial charge on any atom is 0.162 e. The van der Waals surface area contributed by atoms with Crippen LogP contribution in [0.3, 0.4) is 0 Å². The van der Waals surface area contributed by atoms with Crippen molar-refractivity contribution in [3.05, 3.63) is 77.3 Å². The summed E-state index contributed by atoms with van der Waals surface area (Å²) in [6.07, 6.45) is 0. The van der Waals surface area contributed by atoms with Crippen LogP contribution in [0, 0.1) is 6.92 Å². The van der Waals surface area contributed by atoms with Crippen LogP contribution in [0.5, 0.6) is 5.75 Å². The number of benzene rings is 3. The van der Waals surface area contributed by atoms with Gasteiger partial charge in [-0.2, -0.15) is 0 Å². The smallest absolute Gasteiger partial charge is 0.162 e. The van der Waals surface area contributed by atoms with Crippen LogP contribution in [0.25, 0.3) is 22.3 Å². The summed E-state index contributed by atoms with van der Waals surface area (Å²) in [6.45, 7) is 1.97. The van der Waals surface area contributed by atoms with Crippen LogP contribution >= 0.6 is 11.6 Å². The molecule has 4 nitrogen and oxygen atoms in total. The first kappa shape index (κ1) is 16.4. The Balaban J connectivity index is 1.87. The highest BCUT2D eigenvalue weighted by Gasteiger charge is 2.11. The van der Waals surface area contributed by atoms with Gasteiger partial charge in [-0.05, 0) is 61.0 Å². The van der Waals surface area contributed by atoms with Gasteiger partial charge in [0, 0.05) is 16.0 Å². The summed E-state index contributed by atoms with van der Waals surface area (Å²) in [6, 6.07) is 20.6. The molecule has 128 valence electrons. The zero-order chi connectivity index (χ0) is 18.1. The second-order valence-electron chi connectivity index (χ2n) is 6.07. The summed E-state index contributed by atoms with van der Waals surface area (Å²) in [7, 11) is 0. The van der Waals surface area contributed by atoms with Crippen molar-refractivity contribution in [1.82, 2.24) is 9.97 Å². The lowest BCUT2D eigenvalue weighted by Gasteiger charge is -2.12. The van der Waals surface area contributed by atoms with E-state index >= 15 is 0 Å². The molecular formula is C21H16ClN3O. The van der Waals surface area contributed by atoms with Crippen molar-refractivity contribution in [2.45, 2.75) is 6.92 Å². The number of phenolic OH excluding ortho intramolecular Hbond substituents is 1. The number of para-hydroxylation sites is 1. The van der Waals surface area contributed by atoms with E-state index in [-0.39, 0.29) is 5.75 Å². The van der Waals surface area contributed by atoms with Crippen molar-refractivity contribution in [3.8, 4) is 17.1 Å². The number of hydrogen-bond acceptors (Lipinski definition) is 4. The normalized spacial score (nSPS) is 10.8. The predicted octanol–water partition coefficient (Wildman–Crippen LogP) is 5.71. The summed E-state index contributed by atoms with van der Waals surface area (Å²) in [5, 5.41) is 15.0. The van der Waals surface area contributed by atoms with E-state index in [4.69, 9.17) is 16.6 Å². The van der Waals surface area contributed by atoms with E-state index in [1.165, 1.54) is 0 Å². The maximum absolute atomic E-state index is 10.2. The Morgan fingerprint density at radius 1 is 0.923 bits per heavy atom. The first-order valence-corrected chi connectivity index (χ1v) is 8.57. The molecule has 4 aromatic rings. The number of halogens is 1. The van der Waals surface area contributed by atoms with Gasteiger partial charge in [-0.1, -0.05) is 29.8 Å². The number of fused-ring (bicyclic) bond motifs is 1. The van der Waals surface area contributed by atoms with Crippen LogP contribution < -0.4 is 5.32 Å². The number of rotatable bonds is 3. The van der Waals surface area contributed by atoms with Crippen molar-refractivity contribution >= 4 is 34.0 Å². The van der Waals surface area contributed by atoms with Gasteiger partial charge in [-0.3, -0.25) is 0 Å². The molecule has 0 aliphatic heterocycles. The average molecular weight is 362 g/mol.